The second-order valence-corrected chi connectivity index (χ2v) is 11.0. The molecule has 0 aliphatic heterocycles. The van der Waals surface area contributed by atoms with E-state index in [0.717, 1.165) is 11.8 Å². The van der Waals surface area contributed by atoms with Gasteiger partial charge in [0.05, 0.1) is 0 Å². The zero-order valence-electron chi connectivity index (χ0n) is 17.9. The third kappa shape index (κ3) is 6.86. The zero-order chi connectivity index (χ0) is 23.9. The lowest BCUT2D eigenvalue weighted by atomic mass is 9.83. The second kappa shape index (κ2) is 11.4. The summed E-state index contributed by atoms with van der Waals surface area (Å²) in [5.74, 6) is -1.88. The lowest BCUT2D eigenvalue weighted by Gasteiger charge is -2.32. The van der Waals surface area contributed by atoms with Gasteiger partial charge >= 0.3 is 5.97 Å². The van der Waals surface area contributed by atoms with Crippen LogP contribution < -0.4 is 4.72 Å². The first-order valence-corrected chi connectivity index (χ1v) is 13.1. The van der Waals surface area contributed by atoms with Gasteiger partial charge in [0.1, 0.15) is 9.78 Å². The van der Waals surface area contributed by atoms with E-state index >= 15 is 0 Å². The van der Waals surface area contributed by atoms with Gasteiger partial charge in [-0.25, -0.2) is 8.42 Å². The maximum Gasteiger partial charge on any atom is 0.325 e. The van der Waals surface area contributed by atoms with Gasteiger partial charge in [-0.2, -0.15) is 4.72 Å². The summed E-state index contributed by atoms with van der Waals surface area (Å²) in [6.07, 6.45) is 12.0. The number of allylic oxidation sites excluding steroid dienone is 9. The quantitative estimate of drug-likeness (QED) is 0.402. The number of sulfonamides is 1. The standard InChI is InChI=1S/C23H25Cl2NO4S2/c1-16(18-9-5-4-6-10-18)23(2,22(27)28)26-32(29,30)21(31-3)11-7-8-17-14-19(24)12-13-20(25)15-17/h4-12,14-16,26H,13H2,1-3H3,(H,27,28)/b8-7+,21-11+/t16?,23-/m0/s1. The zero-order valence-corrected chi connectivity index (χ0v) is 21.0. The highest BCUT2D eigenvalue weighted by atomic mass is 35.5. The van der Waals surface area contributed by atoms with Crippen molar-refractivity contribution in [1.29, 1.82) is 0 Å². The summed E-state index contributed by atoms with van der Waals surface area (Å²) < 4.78 is 28.5. The molecule has 1 aliphatic rings. The van der Waals surface area contributed by atoms with Gasteiger partial charge in [-0.1, -0.05) is 78.7 Å². The van der Waals surface area contributed by atoms with E-state index in [1.807, 2.05) is 6.07 Å². The molecular weight excluding hydrogens is 489 g/mol. The van der Waals surface area contributed by atoms with Gasteiger partial charge in [0, 0.05) is 22.4 Å². The molecule has 1 aromatic rings. The van der Waals surface area contributed by atoms with E-state index in [1.54, 1.807) is 67.8 Å². The number of hydrogen-bond donors (Lipinski definition) is 2. The van der Waals surface area contributed by atoms with Crippen LogP contribution in [-0.4, -0.2) is 31.3 Å². The number of nitrogens with one attached hydrogen (secondary N) is 1. The molecule has 9 heteroatoms. The fourth-order valence-electron chi connectivity index (χ4n) is 3.02. The van der Waals surface area contributed by atoms with Crippen LogP contribution in [0, 0.1) is 0 Å². The van der Waals surface area contributed by atoms with Crippen molar-refractivity contribution in [3.05, 3.63) is 92.2 Å². The summed E-state index contributed by atoms with van der Waals surface area (Å²) in [5, 5.41) is 11.0. The first-order chi connectivity index (χ1) is 15.0. The molecule has 0 saturated carbocycles. The topological polar surface area (TPSA) is 83.5 Å². The molecule has 0 spiro atoms. The number of hydrogen-bond acceptors (Lipinski definition) is 4. The lowest BCUT2D eigenvalue weighted by Crippen LogP contribution is -2.55. The molecule has 2 rings (SSSR count). The number of halogens is 2. The summed E-state index contributed by atoms with van der Waals surface area (Å²) in [6, 6.07) is 8.92. The van der Waals surface area contributed by atoms with Crippen LogP contribution >= 0.6 is 35.0 Å². The average Bonchev–Trinajstić information content (AvgIpc) is 2.90. The van der Waals surface area contributed by atoms with Crippen LogP contribution in [0.2, 0.25) is 0 Å². The first kappa shape index (κ1) is 26.5. The van der Waals surface area contributed by atoms with Crippen molar-refractivity contribution in [2.24, 2.45) is 0 Å². The number of benzene rings is 1. The van der Waals surface area contributed by atoms with Crippen LogP contribution in [0.1, 0.15) is 31.7 Å². The molecule has 0 aromatic heterocycles. The average molecular weight is 514 g/mol. The summed E-state index contributed by atoms with van der Waals surface area (Å²) in [7, 11) is -4.12. The Kier molecular flexibility index (Phi) is 9.42. The van der Waals surface area contributed by atoms with Crippen molar-refractivity contribution in [3.63, 3.8) is 0 Å². The monoisotopic (exact) mass is 513 g/mol. The smallest absolute Gasteiger partial charge is 0.325 e. The molecule has 32 heavy (non-hydrogen) atoms. The molecule has 0 bridgehead atoms. The van der Waals surface area contributed by atoms with E-state index in [1.165, 1.54) is 13.0 Å². The lowest BCUT2D eigenvalue weighted by molar-refractivity contribution is -0.144. The maximum absolute atomic E-state index is 13.1. The molecule has 0 fully saturated rings. The molecular formula is C23H25Cl2NO4S2. The minimum Gasteiger partial charge on any atom is -0.480 e. The highest BCUT2D eigenvalue weighted by molar-refractivity contribution is 8.17. The number of carbonyl (C=O) groups is 1. The van der Waals surface area contributed by atoms with E-state index < -0.39 is 27.4 Å². The molecule has 1 unspecified atom stereocenters. The molecule has 0 heterocycles. The fourth-order valence-corrected chi connectivity index (χ4v) is 5.82. The van der Waals surface area contributed by atoms with Gasteiger partial charge in [-0.05, 0) is 42.5 Å². The van der Waals surface area contributed by atoms with Crippen molar-refractivity contribution < 1.29 is 18.3 Å². The van der Waals surface area contributed by atoms with Crippen molar-refractivity contribution in [2.75, 3.05) is 6.26 Å². The molecule has 1 aromatic carbocycles. The number of aliphatic carboxylic acids is 1. The molecule has 2 N–H and O–H groups in total. The number of rotatable bonds is 9. The van der Waals surface area contributed by atoms with Crippen LogP contribution in [0.25, 0.3) is 0 Å². The summed E-state index contributed by atoms with van der Waals surface area (Å²) >= 11 is 13.2. The number of thioether (sulfide) groups is 1. The summed E-state index contributed by atoms with van der Waals surface area (Å²) in [6.45, 7) is 3.05. The van der Waals surface area contributed by atoms with E-state index in [0.29, 0.717) is 27.6 Å². The van der Waals surface area contributed by atoms with Crippen LogP contribution in [0.3, 0.4) is 0 Å². The van der Waals surface area contributed by atoms with Gasteiger partial charge in [0.25, 0.3) is 0 Å². The Bertz CT molecular complexity index is 1110. The predicted octanol–water partition coefficient (Wildman–Crippen LogP) is 5.89. The van der Waals surface area contributed by atoms with Crippen molar-refractivity contribution >= 4 is 51.0 Å². The fraction of sp³-hybridized carbons (Fsp3) is 0.261. The van der Waals surface area contributed by atoms with E-state index in [9.17, 15) is 18.3 Å². The van der Waals surface area contributed by atoms with Crippen molar-refractivity contribution in [1.82, 2.24) is 4.72 Å². The van der Waals surface area contributed by atoms with E-state index in [-0.39, 0.29) is 4.24 Å². The minimum atomic E-state index is -4.12. The molecule has 0 amide bonds. The number of carboxylic acid groups (broad SMARTS) is 1. The van der Waals surface area contributed by atoms with Crippen molar-refractivity contribution in [2.45, 2.75) is 31.7 Å². The maximum atomic E-state index is 13.1. The first-order valence-electron chi connectivity index (χ1n) is 9.67. The van der Waals surface area contributed by atoms with Gasteiger partial charge < -0.3 is 5.11 Å². The summed E-state index contributed by atoms with van der Waals surface area (Å²) in [5.41, 5.74) is -0.329. The SMILES string of the molecule is CS/C(=C\C=C\C1=CC(Cl)=CCC(Cl)=C1)S(=O)(=O)N[C@](C)(C(=O)O)C(C)c1ccccc1. The molecule has 172 valence electrons. The molecule has 0 saturated heterocycles. The Morgan fingerprint density at radius 3 is 2.50 bits per heavy atom. The van der Waals surface area contributed by atoms with Crippen LogP contribution in [0.5, 0.6) is 0 Å². The Hall–Kier alpha value is -1.77. The molecule has 1 aliphatic carbocycles. The minimum absolute atomic E-state index is 0.0209. The number of carboxylic acids is 1. The normalized spacial score (nSPS) is 18.3. The van der Waals surface area contributed by atoms with Gasteiger partial charge in [-0.3, -0.25) is 4.79 Å². The Labute approximate surface area is 203 Å². The van der Waals surface area contributed by atoms with Gasteiger partial charge in [-0.15, -0.1) is 11.8 Å². The highest BCUT2D eigenvalue weighted by Gasteiger charge is 2.43. The summed E-state index contributed by atoms with van der Waals surface area (Å²) in [4.78, 5) is 12.1. The van der Waals surface area contributed by atoms with E-state index in [2.05, 4.69) is 4.72 Å². The van der Waals surface area contributed by atoms with Gasteiger partial charge in [0.15, 0.2) is 0 Å². The third-order valence-electron chi connectivity index (χ3n) is 5.06. The largest absolute Gasteiger partial charge is 0.480 e. The van der Waals surface area contributed by atoms with Crippen molar-refractivity contribution in [3.8, 4) is 0 Å². The highest BCUT2D eigenvalue weighted by Crippen LogP contribution is 2.31. The van der Waals surface area contributed by atoms with Crippen LogP contribution in [0.4, 0.5) is 0 Å². The predicted molar refractivity (Wildman–Crippen MR) is 134 cm³/mol. The Morgan fingerprint density at radius 2 is 1.91 bits per heavy atom. The van der Waals surface area contributed by atoms with Crippen LogP contribution in [-0.2, 0) is 14.8 Å². The third-order valence-corrected chi connectivity index (χ3v) is 8.65. The van der Waals surface area contributed by atoms with Gasteiger partial charge in [0.2, 0.25) is 10.0 Å². The Morgan fingerprint density at radius 1 is 1.25 bits per heavy atom. The molecule has 0 radical (unpaired) electrons. The molecule has 2 atom stereocenters. The second-order valence-electron chi connectivity index (χ2n) is 7.32. The van der Waals surface area contributed by atoms with E-state index in [4.69, 9.17) is 23.2 Å². The Balaban J connectivity index is 2.33. The van der Waals surface area contributed by atoms with Crippen LogP contribution in [0.15, 0.2) is 86.7 Å². The molecule has 5 nitrogen and oxygen atoms in total.